The van der Waals surface area contributed by atoms with Crippen molar-refractivity contribution >= 4 is 75.9 Å². The van der Waals surface area contributed by atoms with Crippen molar-refractivity contribution < 1.29 is 0 Å². The molecule has 6 rings (SSSR count). The Morgan fingerprint density at radius 2 is 1.33 bits per heavy atom. The van der Waals surface area contributed by atoms with E-state index in [4.69, 9.17) is 0 Å². The van der Waals surface area contributed by atoms with Gasteiger partial charge < -0.3 is 4.57 Å². The Balaban J connectivity index is 1.88. The molecule has 0 atom stereocenters. The lowest BCUT2D eigenvalue weighted by Gasteiger charge is -2.08. The Hall–Kier alpha value is -2.37. The molecule has 128 valence electrons. The number of nitrogens with zero attached hydrogens (tertiary/aromatic N) is 1. The maximum atomic E-state index is 2.43. The minimum absolute atomic E-state index is 1.21. The third kappa shape index (κ3) is 2.22. The number of thiophene rings is 1. The summed E-state index contributed by atoms with van der Waals surface area (Å²) in [4.78, 5) is 0. The first kappa shape index (κ1) is 15.7. The number of fused-ring (bicyclic) bond motifs is 7. The minimum Gasteiger partial charge on any atom is -0.308 e. The Morgan fingerprint density at radius 1 is 0.630 bits per heavy atom. The molecule has 0 fully saturated rings. The normalized spacial score (nSPS) is 11.9. The summed E-state index contributed by atoms with van der Waals surface area (Å²) in [5, 5.41) is 5.32. The Kier molecular flexibility index (Phi) is 3.37. The van der Waals surface area contributed by atoms with Crippen molar-refractivity contribution in [1.82, 2.24) is 4.57 Å². The number of benzene rings is 4. The van der Waals surface area contributed by atoms with Crippen LogP contribution >= 0.6 is 33.9 Å². The van der Waals surface area contributed by atoms with Crippen LogP contribution < -0.4 is 0 Å². The molecule has 2 aromatic heterocycles. The fourth-order valence-electron chi connectivity index (χ4n) is 4.09. The van der Waals surface area contributed by atoms with Crippen molar-refractivity contribution in [2.45, 2.75) is 0 Å². The molecule has 0 saturated carbocycles. The first-order chi connectivity index (χ1) is 13.3. The number of aromatic nitrogens is 1. The summed E-state index contributed by atoms with van der Waals surface area (Å²) in [7, 11) is 0. The van der Waals surface area contributed by atoms with Gasteiger partial charge in [0.05, 0.1) is 15.7 Å². The van der Waals surface area contributed by atoms with Gasteiger partial charge in [0.25, 0.3) is 0 Å². The molecule has 0 radical (unpaired) electrons. The minimum atomic E-state index is 1.21. The van der Waals surface area contributed by atoms with Crippen LogP contribution in [0.15, 0.2) is 84.9 Å². The van der Waals surface area contributed by atoms with E-state index in [0.29, 0.717) is 0 Å². The molecule has 4 aromatic carbocycles. The number of rotatable bonds is 1. The standard InChI is InChI=1S/C24H14INS/c25-15-9-11-16(12-10-15)26-21-7-3-1-5-17(21)19-13-14-20-18-6-2-4-8-22(18)27-24(20)23(19)26/h1-14H. The molecule has 6 aromatic rings. The van der Waals surface area contributed by atoms with E-state index in [1.807, 2.05) is 11.3 Å². The van der Waals surface area contributed by atoms with Gasteiger partial charge >= 0.3 is 0 Å². The summed E-state index contributed by atoms with van der Waals surface area (Å²) in [6.07, 6.45) is 0. The lowest BCUT2D eigenvalue weighted by molar-refractivity contribution is 1.19. The van der Waals surface area contributed by atoms with Gasteiger partial charge in [0.15, 0.2) is 0 Å². The first-order valence-electron chi connectivity index (χ1n) is 8.90. The van der Waals surface area contributed by atoms with Gasteiger partial charge in [0.2, 0.25) is 0 Å². The van der Waals surface area contributed by atoms with Crippen LogP contribution in [-0.4, -0.2) is 4.57 Å². The highest BCUT2D eigenvalue weighted by atomic mass is 127. The molecular weight excluding hydrogens is 461 g/mol. The summed E-state index contributed by atoms with van der Waals surface area (Å²) in [6, 6.07) is 30.8. The van der Waals surface area contributed by atoms with E-state index in [0.717, 1.165) is 0 Å². The van der Waals surface area contributed by atoms with Gasteiger partial charge in [-0.15, -0.1) is 11.3 Å². The van der Waals surface area contributed by atoms with Crippen LogP contribution in [0.25, 0.3) is 47.7 Å². The lowest BCUT2D eigenvalue weighted by Crippen LogP contribution is -1.93. The van der Waals surface area contributed by atoms with Crippen LogP contribution in [0.1, 0.15) is 0 Å². The van der Waals surface area contributed by atoms with E-state index in [-0.39, 0.29) is 0 Å². The second-order valence-electron chi connectivity index (χ2n) is 6.77. The molecule has 0 unspecified atom stereocenters. The molecule has 0 aliphatic rings. The van der Waals surface area contributed by atoms with Crippen LogP contribution in [-0.2, 0) is 0 Å². The molecule has 0 amide bonds. The smallest absolute Gasteiger partial charge is 0.0719 e. The molecule has 0 bridgehead atoms. The van der Waals surface area contributed by atoms with E-state index in [2.05, 4.69) is 112 Å². The average molecular weight is 475 g/mol. The van der Waals surface area contributed by atoms with E-state index in [1.165, 1.54) is 51.2 Å². The molecule has 1 nitrogen and oxygen atoms in total. The fraction of sp³-hybridized carbons (Fsp3) is 0. The van der Waals surface area contributed by atoms with Crippen molar-refractivity contribution in [2.75, 3.05) is 0 Å². The second-order valence-corrected chi connectivity index (χ2v) is 9.06. The van der Waals surface area contributed by atoms with Gasteiger partial charge in [-0.3, -0.25) is 0 Å². The summed E-state index contributed by atoms with van der Waals surface area (Å²) in [5.41, 5.74) is 3.79. The van der Waals surface area contributed by atoms with Gasteiger partial charge in [-0.25, -0.2) is 0 Å². The topological polar surface area (TPSA) is 4.93 Å². The molecule has 0 saturated heterocycles. The van der Waals surface area contributed by atoms with Gasteiger partial charge in [-0.1, -0.05) is 48.5 Å². The molecule has 0 N–H and O–H groups in total. The highest BCUT2D eigenvalue weighted by Crippen LogP contribution is 2.42. The number of para-hydroxylation sites is 1. The predicted octanol–water partition coefficient (Wildman–Crippen LogP) is 7.76. The van der Waals surface area contributed by atoms with E-state index < -0.39 is 0 Å². The van der Waals surface area contributed by atoms with Crippen LogP contribution in [0, 0.1) is 3.57 Å². The van der Waals surface area contributed by atoms with Crippen LogP contribution in [0.3, 0.4) is 0 Å². The molecular formula is C24H14INS. The fourth-order valence-corrected chi connectivity index (χ4v) is 5.69. The molecule has 27 heavy (non-hydrogen) atoms. The zero-order chi connectivity index (χ0) is 18.0. The maximum Gasteiger partial charge on any atom is 0.0719 e. The Labute approximate surface area is 174 Å². The van der Waals surface area contributed by atoms with Gasteiger partial charge in [-0.2, -0.15) is 0 Å². The van der Waals surface area contributed by atoms with Gasteiger partial charge in [0.1, 0.15) is 0 Å². The largest absolute Gasteiger partial charge is 0.308 e. The quantitative estimate of drug-likeness (QED) is 0.214. The Morgan fingerprint density at radius 3 is 2.19 bits per heavy atom. The van der Waals surface area contributed by atoms with E-state index in [1.54, 1.807) is 0 Å². The SMILES string of the molecule is Ic1ccc(-n2c3ccccc3c3ccc4c5ccccc5sc4c32)cc1. The zero-order valence-electron chi connectivity index (χ0n) is 14.3. The third-order valence-electron chi connectivity index (χ3n) is 5.26. The number of halogens is 1. The molecule has 0 aliphatic carbocycles. The zero-order valence-corrected chi connectivity index (χ0v) is 17.3. The van der Waals surface area contributed by atoms with Gasteiger partial charge in [-0.05, 0) is 59.0 Å². The molecule has 2 heterocycles. The van der Waals surface area contributed by atoms with Crippen LogP contribution in [0.2, 0.25) is 0 Å². The third-order valence-corrected chi connectivity index (χ3v) is 7.18. The molecule has 0 aliphatic heterocycles. The van der Waals surface area contributed by atoms with Crippen LogP contribution in [0.4, 0.5) is 0 Å². The van der Waals surface area contributed by atoms with E-state index >= 15 is 0 Å². The Bertz CT molecular complexity index is 1470. The summed E-state index contributed by atoms with van der Waals surface area (Å²) in [6.45, 7) is 0. The van der Waals surface area contributed by atoms with Crippen molar-refractivity contribution in [3.63, 3.8) is 0 Å². The maximum absolute atomic E-state index is 2.43. The number of hydrogen-bond donors (Lipinski definition) is 0. The molecule has 3 heteroatoms. The van der Waals surface area contributed by atoms with E-state index in [9.17, 15) is 0 Å². The van der Waals surface area contributed by atoms with Gasteiger partial charge in [0, 0.05) is 35.5 Å². The summed E-state index contributed by atoms with van der Waals surface area (Å²) >= 11 is 4.26. The van der Waals surface area contributed by atoms with Crippen LogP contribution in [0.5, 0.6) is 0 Å². The van der Waals surface area contributed by atoms with Crippen molar-refractivity contribution in [3.05, 3.63) is 88.5 Å². The average Bonchev–Trinajstić information content (AvgIpc) is 3.24. The van der Waals surface area contributed by atoms with Crippen molar-refractivity contribution in [2.24, 2.45) is 0 Å². The summed E-state index contributed by atoms with van der Waals surface area (Å²) in [5.74, 6) is 0. The van der Waals surface area contributed by atoms with Crippen molar-refractivity contribution in [3.8, 4) is 5.69 Å². The molecule has 0 spiro atoms. The second kappa shape index (κ2) is 5.81. The monoisotopic (exact) mass is 475 g/mol. The highest BCUT2D eigenvalue weighted by Gasteiger charge is 2.17. The lowest BCUT2D eigenvalue weighted by atomic mass is 10.1. The number of hydrogen-bond acceptors (Lipinski definition) is 1. The highest BCUT2D eigenvalue weighted by molar-refractivity contribution is 14.1. The predicted molar refractivity (Wildman–Crippen MR) is 126 cm³/mol. The summed E-state index contributed by atoms with van der Waals surface area (Å²) < 4.78 is 6.39. The first-order valence-corrected chi connectivity index (χ1v) is 10.8. The van der Waals surface area contributed by atoms with Crippen molar-refractivity contribution in [1.29, 1.82) is 0 Å².